The van der Waals surface area contributed by atoms with Crippen molar-refractivity contribution in [1.29, 1.82) is 0 Å². The lowest BCUT2D eigenvalue weighted by Crippen LogP contribution is -2.22. The zero-order chi connectivity index (χ0) is 17.8. The second-order valence-corrected chi connectivity index (χ2v) is 5.85. The van der Waals surface area contributed by atoms with Crippen molar-refractivity contribution in [1.82, 2.24) is 15.0 Å². The van der Waals surface area contributed by atoms with Gasteiger partial charge in [-0.2, -0.15) is 4.98 Å². The van der Waals surface area contributed by atoms with Gasteiger partial charge in [-0.1, -0.05) is 23.4 Å². The number of nitrogens with zero attached hydrogens (tertiary/aromatic N) is 3. The molecule has 3 rings (SSSR count). The van der Waals surface area contributed by atoms with Crippen LogP contribution in [0, 0.1) is 5.82 Å². The molecule has 25 heavy (non-hydrogen) atoms. The van der Waals surface area contributed by atoms with Crippen molar-refractivity contribution in [2.24, 2.45) is 0 Å². The molecule has 0 saturated heterocycles. The Kier molecular flexibility index (Phi) is 5.09. The Morgan fingerprint density at radius 1 is 1.16 bits per heavy atom. The van der Waals surface area contributed by atoms with Gasteiger partial charge in [-0.3, -0.25) is 4.90 Å². The molecule has 5 nitrogen and oxygen atoms in total. The van der Waals surface area contributed by atoms with Gasteiger partial charge in [-0.05, 0) is 44.3 Å². The third kappa shape index (κ3) is 3.85. The highest BCUT2D eigenvalue weighted by Crippen LogP contribution is 2.29. The van der Waals surface area contributed by atoms with Crippen molar-refractivity contribution in [3.05, 3.63) is 65.8 Å². The number of ether oxygens (including phenoxy) is 1. The number of para-hydroxylation sites is 1. The van der Waals surface area contributed by atoms with Gasteiger partial charge in [-0.15, -0.1) is 0 Å². The van der Waals surface area contributed by atoms with Gasteiger partial charge in [0.05, 0.1) is 13.7 Å². The number of halogens is 1. The van der Waals surface area contributed by atoms with E-state index in [1.54, 1.807) is 19.2 Å². The van der Waals surface area contributed by atoms with Gasteiger partial charge < -0.3 is 9.26 Å². The van der Waals surface area contributed by atoms with Crippen molar-refractivity contribution >= 4 is 0 Å². The van der Waals surface area contributed by atoms with Gasteiger partial charge in [0.15, 0.2) is 0 Å². The standard InChI is InChI=1S/C19H20FN3O2/c1-13(16-6-4-5-7-17(16)24-3)23(2)12-18-21-19(22-25-18)14-8-10-15(20)11-9-14/h4-11,13H,12H2,1-3H3. The van der Waals surface area contributed by atoms with Crippen LogP contribution in [0.1, 0.15) is 24.4 Å². The van der Waals surface area contributed by atoms with Crippen LogP contribution in [0.25, 0.3) is 11.4 Å². The van der Waals surface area contributed by atoms with Crippen LogP contribution in [0.4, 0.5) is 4.39 Å². The Balaban J connectivity index is 1.73. The summed E-state index contributed by atoms with van der Waals surface area (Å²) in [5.41, 5.74) is 1.81. The molecular formula is C19H20FN3O2. The Morgan fingerprint density at radius 3 is 2.60 bits per heavy atom. The van der Waals surface area contributed by atoms with Crippen molar-refractivity contribution in [3.63, 3.8) is 0 Å². The molecule has 3 aromatic rings. The number of benzene rings is 2. The third-order valence-electron chi connectivity index (χ3n) is 4.21. The zero-order valence-electron chi connectivity index (χ0n) is 14.4. The van der Waals surface area contributed by atoms with Crippen LogP contribution in [0.2, 0.25) is 0 Å². The molecule has 130 valence electrons. The van der Waals surface area contributed by atoms with E-state index in [9.17, 15) is 4.39 Å². The van der Waals surface area contributed by atoms with Gasteiger partial charge in [0.25, 0.3) is 0 Å². The second kappa shape index (κ2) is 7.44. The number of hydrogen-bond acceptors (Lipinski definition) is 5. The normalized spacial score (nSPS) is 12.4. The van der Waals surface area contributed by atoms with E-state index >= 15 is 0 Å². The highest BCUT2D eigenvalue weighted by molar-refractivity contribution is 5.53. The average molecular weight is 341 g/mol. The fraction of sp³-hybridized carbons (Fsp3) is 0.263. The molecule has 0 spiro atoms. The SMILES string of the molecule is COc1ccccc1C(C)N(C)Cc1nc(-c2ccc(F)cc2)no1. The summed E-state index contributed by atoms with van der Waals surface area (Å²) in [4.78, 5) is 6.49. The maximum Gasteiger partial charge on any atom is 0.241 e. The van der Waals surface area contributed by atoms with Gasteiger partial charge in [-0.25, -0.2) is 4.39 Å². The first kappa shape index (κ1) is 17.1. The minimum absolute atomic E-state index is 0.109. The van der Waals surface area contributed by atoms with E-state index in [1.165, 1.54) is 12.1 Å². The maximum absolute atomic E-state index is 13.0. The first-order valence-corrected chi connectivity index (χ1v) is 8.00. The van der Waals surface area contributed by atoms with Crippen LogP contribution >= 0.6 is 0 Å². The molecule has 0 aliphatic carbocycles. The minimum atomic E-state index is -0.294. The van der Waals surface area contributed by atoms with Gasteiger partial charge in [0.1, 0.15) is 11.6 Å². The van der Waals surface area contributed by atoms with E-state index in [0.29, 0.717) is 18.3 Å². The third-order valence-corrected chi connectivity index (χ3v) is 4.21. The number of methoxy groups -OCH3 is 1. The largest absolute Gasteiger partial charge is 0.496 e. The summed E-state index contributed by atoms with van der Waals surface area (Å²) >= 11 is 0. The monoisotopic (exact) mass is 341 g/mol. The topological polar surface area (TPSA) is 51.4 Å². The lowest BCUT2D eigenvalue weighted by atomic mass is 10.1. The molecule has 6 heteroatoms. The Hall–Kier alpha value is -2.73. The molecule has 0 radical (unpaired) electrons. The van der Waals surface area contributed by atoms with Crippen LogP contribution in [0.15, 0.2) is 53.1 Å². The average Bonchev–Trinajstić information content (AvgIpc) is 3.10. The van der Waals surface area contributed by atoms with Crippen LogP contribution in [0.5, 0.6) is 5.75 Å². The van der Waals surface area contributed by atoms with Gasteiger partial charge in [0, 0.05) is 17.2 Å². The predicted octanol–water partition coefficient (Wildman–Crippen LogP) is 4.08. The van der Waals surface area contributed by atoms with Gasteiger partial charge in [0.2, 0.25) is 11.7 Å². The molecule has 1 aromatic heterocycles. The molecule has 0 aliphatic rings. The van der Waals surface area contributed by atoms with Crippen molar-refractivity contribution in [3.8, 4) is 17.1 Å². The number of rotatable bonds is 6. The van der Waals surface area contributed by atoms with Crippen molar-refractivity contribution < 1.29 is 13.7 Å². The van der Waals surface area contributed by atoms with Crippen LogP contribution in [0.3, 0.4) is 0 Å². The molecule has 1 unspecified atom stereocenters. The minimum Gasteiger partial charge on any atom is -0.496 e. The van der Waals surface area contributed by atoms with E-state index in [0.717, 1.165) is 16.9 Å². The summed E-state index contributed by atoms with van der Waals surface area (Å²) in [6, 6.07) is 14.0. The summed E-state index contributed by atoms with van der Waals surface area (Å²) in [5.74, 6) is 1.51. The van der Waals surface area contributed by atoms with Gasteiger partial charge >= 0.3 is 0 Å². The molecule has 2 aromatic carbocycles. The molecule has 0 fully saturated rings. The molecule has 0 amide bonds. The lowest BCUT2D eigenvalue weighted by Gasteiger charge is -2.24. The quantitative estimate of drug-likeness (QED) is 0.676. The molecule has 0 aliphatic heterocycles. The Morgan fingerprint density at radius 2 is 1.88 bits per heavy atom. The maximum atomic E-state index is 13.0. The predicted molar refractivity (Wildman–Crippen MR) is 92.6 cm³/mol. The molecular weight excluding hydrogens is 321 g/mol. The highest BCUT2D eigenvalue weighted by Gasteiger charge is 2.18. The summed E-state index contributed by atoms with van der Waals surface area (Å²) in [6.07, 6.45) is 0. The van der Waals surface area contributed by atoms with Crippen molar-refractivity contribution in [2.75, 3.05) is 14.2 Å². The lowest BCUT2D eigenvalue weighted by molar-refractivity contribution is 0.213. The molecule has 1 heterocycles. The first-order chi connectivity index (χ1) is 12.1. The van der Waals surface area contributed by atoms with Crippen LogP contribution in [-0.2, 0) is 6.54 Å². The van der Waals surface area contributed by atoms with E-state index in [1.807, 2.05) is 31.3 Å². The van der Waals surface area contributed by atoms with Crippen LogP contribution in [-0.4, -0.2) is 29.2 Å². The first-order valence-electron chi connectivity index (χ1n) is 8.00. The Labute approximate surface area is 146 Å². The van der Waals surface area contributed by atoms with E-state index in [2.05, 4.69) is 22.0 Å². The number of aromatic nitrogens is 2. The Bertz CT molecular complexity index is 833. The highest BCUT2D eigenvalue weighted by atomic mass is 19.1. The fourth-order valence-electron chi connectivity index (χ4n) is 2.63. The second-order valence-electron chi connectivity index (χ2n) is 5.85. The summed E-state index contributed by atoms with van der Waals surface area (Å²) in [7, 11) is 3.65. The smallest absolute Gasteiger partial charge is 0.241 e. The number of hydrogen-bond donors (Lipinski definition) is 0. The fourth-order valence-corrected chi connectivity index (χ4v) is 2.63. The van der Waals surface area contributed by atoms with Crippen LogP contribution < -0.4 is 4.74 Å². The van der Waals surface area contributed by atoms with Crippen molar-refractivity contribution in [2.45, 2.75) is 19.5 Å². The zero-order valence-corrected chi connectivity index (χ0v) is 14.4. The molecule has 0 saturated carbocycles. The van der Waals surface area contributed by atoms with E-state index in [-0.39, 0.29) is 11.9 Å². The van der Waals surface area contributed by atoms with E-state index < -0.39 is 0 Å². The summed E-state index contributed by atoms with van der Waals surface area (Å²) in [6.45, 7) is 2.59. The molecule has 1 atom stereocenters. The molecule has 0 bridgehead atoms. The summed E-state index contributed by atoms with van der Waals surface area (Å²) in [5, 5.41) is 3.98. The molecule has 0 N–H and O–H groups in total. The van der Waals surface area contributed by atoms with E-state index in [4.69, 9.17) is 9.26 Å². The summed E-state index contributed by atoms with van der Waals surface area (Å²) < 4.78 is 23.8.